The Morgan fingerprint density at radius 2 is 2.00 bits per heavy atom. The average Bonchev–Trinajstić information content (AvgIpc) is 2.49. The van der Waals surface area contributed by atoms with E-state index in [9.17, 15) is 13.5 Å². The van der Waals surface area contributed by atoms with Gasteiger partial charge in [-0.3, -0.25) is 0 Å². The van der Waals surface area contributed by atoms with Crippen LogP contribution in [0.2, 0.25) is 0 Å². The Kier molecular flexibility index (Phi) is 4.75. The van der Waals surface area contributed by atoms with Gasteiger partial charge in [0.1, 0.15) is 16.4 Å². The Morgan fingerprint density at radius 1 is 1.29 bits per heavy atom. The summed E-state index contributed by atoms with van der Waals surface area (Å²) in [5.41, 5.74) is 0. The quantitative estimate of drug-likeness (QED) is 0.900. The van der Waals surface area contributed by atoms with Crippen LogP contribution in [0.3, 0.4) is 0 Å². The van der Waals surface area contributed by atoms with Gasteiger partial charge in [0.25, 0.3) is 0 Å². The summed E-state index contributed by atoms with van der Waals surface area (Å²) in [7, 11) is -0.824. The third kappa shape index (κ3) is 3.14. The van der Waals surface area contributed by atoms with Gasteiger partial charge in [-0.15, -0.1) is 0 Å². The van der Waals surface area contributed by atoms with Gasteiger partial charge in [-0.25, -0.2) is 8.42 Å². The number of aliphatic hydroxyl groups is 1. The van der Waals surface area contributed by atoms with E-state index in [1.165, 1.54) is 24.6 Å². The number of rotatable bonds is 4. The number of benzene rings is 1. The molecule has 1 aromatic rings. The van der Waals surface area contributed by atoms with Crippen LogP contribution in [0.4, 0.5) is 0 Å². The average molecular weight is 315 g/mol. The second kappa shape index (κ2) is 6.21. The van der Waals surface area contributed by atoms with Crippen LogP contribution in [0.5, 0.6) is 11.5 Å². The monoisotopic (exact) mass is 315 g/mol. The minimum Gasteiger partial charge on any atom is -0.497 e. The molecule has 1 saturated heterocycles. The predicted molar refractivity (Wildman–Crippen MR) is 78.1 cm³/mol. The first kappa shape index (κ1) is 16.1. The van der Waals surface area contributed by atoms with E-state index in [2.05, 4.69) is 0 Å². The molecule has 1 aliphatic rings. The van der Waals surface area contributed by atoms with Crippen LogP contribution < -0.4 is 9.47 Å². The van der Waals surface area contributed by atoms with Crippen molar-refractivity contribution in [3.63, 3.8) is 0 Å². The van der Waals surface area contributed by atoms with Gasteiger partial charge in [-0.1, -0.05) is 6.92 Å². The Labute approximate surface area is 125 Å². The molecule has 0 spiro atoms. The molecule has 2 rings (SSSR count). The zero-order chi connectivity index (χ0) is 15.6. The molecule has 0 aliphatic carbocycles. The molecule has 1 heterocycles. The summed E-state index contributed by atoms with van der Waals surface area (Å²) in [4.78, 5) is 0.0612. The molecule has 7 heteroatoms. The van der Waals surface area contributed by atoms with Gasteiger partial charge in [-0.05, 0) is 24.5 Å². The van der Waals surface area contributed by atoms with Crippen LogP contribution in [-0.4, -0.2) is 51.2 Å². The fraction of sp³-hybridized carbons (Fsp3) is 0.571. The first-order valence-corrected chi connectivity index (χ1v) is 8.24. The molecule has 0 saturated carbocycles. The standard InChI is InChI=1S/C14H21NO5S/c1-10-6-7-15(9-12(10)16)21(17,18)14-8-11(19-2)4-5-13(14)20-3/h4-5,8,10,12,16H,6-7,9H2,1-3H3. The summed E-state index contributed by atoms with van der Waals surface area (Å²) in [5.74, 6) is 0.813. The van der Waals surface area contributed by atoms with Gasteiger partial charge >= 0.3 is 0 Å². The molecule has 118 valence electrons. The van der Waals surface area contributed by atoms with Gasteiger partial charge in [0, 0.05) is 19.2 Å². The first-order valence-electron chi connectivity index (χ1n) is 6.80. The molecule has 0 amide bonds. The van der Waals surface area contributed by atoms with E-state index in [4.69, 9.17) is 9.47 Å². The molecule has 0 bridgehead atoms. The lowest BCUT2D eigenvalue weighted by Gasteiger charge is -2.33. The van der Waals surface area contributed by atoms with Crippen LogP contribution in [0.25, 0.3) is 0 Å². The van der Waals surface area contributed by atoms with Crippen LogP contribution in [0, 0.1) is 5.92 Å². The smallest absolute Gasteiger partial charge is 0.246 e. The predicted octanol–water partition coefficient (Wildman–Crippen LogP) is 1.10. The number of nitrogens with zero attached hydrogens (tertiary/aromatic N) is 1. The largest absolute Gasteiger partial charge is 0.497 e. The van der Waals surface area contributed by atoms with Gasteiger partial charge in [0.15, 0.2) is 0 Å². The van der Waals surface area contributed by atoms with Crippen LogP contribution in [0.15, 0.2) is 23.1 Å². The van der Waals surface area contributed by atoms with Crippen molar-refractivity contribution in [2.24, 2.45) is 5.92 Å². The normalized spacial score (nSPS) is 23.8. The van der Waals surface area contributed by atoms with Crippen LogP contribution in [0.1, 0.15) is 13.3 Å². The van der Waals surface area contributed by atoms with Gasteiger partial charge in [0.05, 0.1) is 20.3 Å². The number of hydrogen-bond donors (Lipinski definition) is 1. The molecule has 1 aliphatic heterocycles. The lowest BCUT2D eigenvalue weighted by Crippen LogP contribution is -2.45. The summed E-state index contributed by atoms with van der Waals surface area (Å²) in [6, 6.07) is 4.65. The minimum atomic E-state index is -3.73. The van der Waals surface area contributed by atoms with Gasteiger partial charge < -0.3 is 14.6 Å². The maximum atomic E-state index is 12.8. The second-order valence-electron chi connectivity index (χ2n) is 5.21. The topological polar surface area (TPSA) is 76.1 Å². The maximum Gasteiger partial charge on any atom is 0.246 e. The highest BCUT2D eigenvalue weighted by Crippen LogP contribution is 2.32. The molecule has 1 aromatic carbocycles. The van der Waals surface area contributed by atoms with E-state index in [0.29, 0.717) is 18.7 Å². The highest BCUT2D eigenvalue weighted by atomic mass is 32.2. The Morgan fingerprint density at radius 3 is 2.57 bits per heavy atom. The van der Waals surface area contributed by atoms with Crippen molar-refractivity contribution < 1.29 is 23.0 Å². The van der Waals surface area contributed by atoms with E-state index >= 15 is 0 Å². The highest BCUT2D eigenvalue weighted by Gasteiger charge is 2.34. The third-order valence-corrected chi connectivity index (χ3v) is 5.76. The zero-order valence-corrected chi connectivity index (χ0v) is 13.3. The Bertz CT molecular complexity index is 601. The van der Waals surface area contributed by atoms with Gasteiger partial charge in [-0.2, -0.15) is 4.31 Å². The molecule has 0 radical (unpaired) electrons. The lowest BCUT2D eigenvalue weighted by atomic mass is 9.98. The van der Waals surface area contributed by atoms with E-state index in [-0.39, 0.29) is 23.1 Å². The minimum absolute atomic E-state index is 0.0612. The van der Waals surface area contributed by atoms with Crippen molar-refractivity contribution in [2.75, 3.05) is 27.3 Å². The Hall–Kier alpha value is -1.31. The number of hydrogen-bond acceptors (Lipinski definition) is 5. The van der Waals surface area contributed by atoms with Crippen molar-refractivity contribution in [1.29, 1.82) is 0 Å². The number of sulfonamides is 1. The fourth-order valence-corrected chi connectivity index (χ4v) is 4.01. The summed E-state index contributed by atoms with van der Waals surface area (Å²) < 4.78 is 37.1. The second-order valence-corrected chi connectivity index (χ2v) is 7.12. The number of ether oxygens (including phenoxy) is 2. The third-order valence-electron chi connectivity index (χ3n) is 3.87. The maximum absolute atomic E-state index is 12.8. The fourth-order valence-electron chi connectivity index (χ4n) is 2.36. The molecule has 2 atom stereocenters. The molecule has 6 nitrogen and oxygen atoms in total. The molecular weight excluding hydrogens is 294 g/mol. The summed E-state index contributed by atoms with van der Waals surface area (Å²) in [5, 5.41) is 9.92. The summed E-state index contributed by atoms with van der Waals surface area (Å²) in [6.07, 6.45) is -0.0164. The van der Waals surface area contributed by atoms with E-state index in [0.717, 1.165) is 0 Å². The van der Waals surface area contributed by atoms with Crippen molar-refractivity contribution in [2.45, 2.75) is 24.3 Å². The highest BCUT2D eigenvalue weighted by molar-refractivity contribution is 7.89. The van der Waals surface area contributed by atoms with E-state index in [1.54, 1.807) is 12.1 Å². The zero-order valence-electron chi connectivity index (χ0n) is 12.4. The molecule has 21 heavy (non-hydrogen) atoms. The lowest BCUT2D eigenvalue weighted by molar-refractivity contribution is 0.0604. The molecule has 1 fully saturated rings. The van der Waals surface area contributed by atoms with Crippen molar-refractivity contribution in [3.05, 3.63) is 18.2 Å². The number of β-amino-alcohol motifs (C(OH)–C–C–N with tert-alkyl or cyclic N) is 1. The molecule has 0 aromatic heterocycles. The van der Waals surface area contributed by atoms with Gasteiger partial charge in [0.2, 0.25) is 10.0 Å². The SMILES string of the molecule is COc1ccc(OC)c(S(=O)(=O)N2CCC(C)C(O)C2)c1. The van der Waals surface area contributed by atoms with E-state index < -0.39 is 16.1 Å². The summed E-state index contributed by atoms with van der Waals surface area (Å²) >= 11 is 0. The molecular formula is C14H21NO5S. The Balaban J connectivity index is 2.39. The molecule has 2 unspecified atom stereocenters. The number of aliphatic hydroxyl groups excluding tert-OH is 1. The first-order chi connectivity index (χ1) is 9.90. The van der Waals surface area contributed by atoms with Crippen molar-refractivity contribution >= 4 is 10.0 Å². The number of piperidine rings is 1. The van der Waals surface area contributed by atoms with E-state index in [1.807, 2.05) is 6.92 Å². The molecule has 1 N–H and O–H groups in total. The van der Waals surface area contributed by atoms with Crippen LogP contribution in [-0.2, 0) is 10.0 Å². The number of methoxy groups -OCH3 is 2. The van der Waals surface area contributed by atoms with Crippen molar-refractivity contribution in [3.8, 4) is 11.5 Å². The van der Waals surface area contributed by atoms with Crippen molar-refractivity contribution in [1.82, 2.24) is 4.31 Å². The van der Waals surface area contributed by atoms with Crippen LogP contribution >= 0.6 is 0 Å². The summed E-state index contributed by atoms with van der Waals surface area (Å²) in [6.45, 7) is 2.41.